The van der Waals surface area contributed by atoms with Gasteiger partial charge in [0.15, 0.2) is 0 Å². The van der Waals surface area contributed by atoms with Gasteiger partial charge in [-0.3, -0.25) is 9.59 Å². The number of hydrogen-bond donors (Lipinski definition) is 3. The molecule has 0 bridgehead atoms. The number of likely N-dealkylation sites (tertiary alicyclic amines) is 1. The van der Waals surface area contributed by atoms with Crippen molar-refractivity contribution in [2.24, 2.45) is 11.3 Å². The van der Waals surface area contributed by atoms with Crippen molar-refractivity contribution in [1.82, 2.24) is 15.5 Å². The first-order chi connectivity index (χ1) is 32.0. The highest BCUT2D eigenvalue weighted by atomic mass is 19.1. The molecule has 4 heterocycles. The maximum atomic E-state index is 16.4. The fourth-order valence-corrected chi connectivity index (χ4v) is 12.3. The van der Waals surface area contributed by atoms with Gasteiger partial charge in [0, 0.05) is 80.2 Å². The Morgan fingerprint density at radius 2 is 1.74 bits per heavy atom. The number of carbonyl (C=O) groups is 3. The van der Waals surface area contributed by atoms with Crippen molar-refractivity contribution in [3.8, 4) is 17.2 Å². The van der Waals surface area contributed by atoms with Crippen LogP contribution < -0.4 is 25.0 Å². The zero-order valence-electron chi connectivity index (χ0n) is 39.6. The molecule has 2 atom stereocenters. The first-order valence-electron chi connectivity index (χ1n) is 24.5. The molecule has 1 saturated carbocycles. The van der Waals surface area contributed by atoms with E-state index in [-0.39, 0.29) is 40.6 Å². The number of carbonyl (C=O) groups excluding carboxylic acids is 3. The van der Waals surface area contributed by atoms with E-state index >= 15 is 4.39 Å². The van der Waals surface area contributed by atoms with E-state index in [9.17, 15) is 19.5 Å². The lowest BCUT2D eigenvalue weighted by molar-refractivity contribution is -0.120. The molecule has 11 heteroatoms. The number of hydrogen-bond acceptors (Lipinski definition) is 8. The van der Waals surface area contributed by atoms with Gasteiger partial charge in [-0.2, -0.15) is 0 Å². The minimum absolute atomic E-state index is 0.00292. The van der Waals surface area contributed by atoms with Crippen LogP contribution >= 0.6 is 0 Å². The van der Waals surface area contributed by atoms with Crippen LogP contribution in [0.15, 0.2) is 66.7 Å². The molecule has 10 nitrogen and oxygen atoms in total. The molecule has 3 N–H and O–H groups in total. The Kier molecular flexibility index (Phi) is 14.4. The number of aromatic hydroxyl groups is 1. The molecule has 2 spiro atoms. The van der Waals surface area contributed by atoms with E-state index in [4.69, 9.17) is 9.47 Å². The molecular weight excluding hydrogens is 832 g/mol. The number of unbranched alkanes of at least 4 members (excludes halogenated alkanes) is 1. The second-order valence-electron chi connectivity index (χ2n) is 19.4. The molecule has 66 heavy (non-hydrogen) atoms. The summed E-state index contributed by atoms with van der Waals surface area (Å²) in [7, 11) is 3.29. The number of anilines is 1. The maximum Gasteiger partial charge on any atom is 0.252 e. The third-order valence-electron chi connectivity index (χ3n) is 15.7. The number of fused-ring (bicyclic) bond motifs is 5. The Hall–Kier alpha value is -5.42. The van der Waals surface area contributed by atoms with E-state index in [0.29, 0.717) is 36.9 Å². The molecule has 2 saturated heterocycles. The van der Waals surface area contributed by atoms with Crippen molar-refractivity contribution >= 4 is 23.8 Å². The van der Waals surface area contributed by atoms with Crippen molar-refractivity contribution in [3.05, 3.63) is 117 Å². The number of halogens is 1. The molecule has 2 unspecified atom stereocenters. The van der Waals surface area contributed by atoms with Gasteiger partial charge in [0.1, 0.15) is 29.4 Å². The summed E-state index contributed by atoms with van der Waals surface area (Å²) in [6, 6.07) is 22.1. The quantitative estimate of drug-likeness (QED) is 0.106. The molecule has 2 amide bonds. The first-order valence-corrected chi connectivity index (χ1v) is 24.5. The summed E-state index contributed by atoms with van der Waals surface area (Å²) in [6.45, 7) is 12.4. The lowest BCUT2D eigenvalue weighted by Gasteiger charge is -2.54. The van der Waals surface area contributed by atoms with Crippen LogP contribution in [0.5, 0.6) is 17.2 Å². The van der Waals surface area contributed by atoms with Crippen LogP contribution in [0.1, 0.15) is 139 Å². The van der Waals surface area contributed by atoms with Crippen LogP contribution in [0.2, 0.25) is 0 Å². The second-order valence-corrected chi connectivity index (χ2v) is 19.4. The van der Waals surface area contributed by atoms with Crippen molar-refractivity contribution in [3.63, 3.8) is 0 Å². The maximum absolute atomic E-state index is 16.4. The molecular formula is C55H69FN4O6. The fourth-order valence-electron chi connectivity index (χ4n) is 12.3. The van der Waals surface area contributed by atoms with Gasteiger partial charge >= 0.3 is 0 Å². The van der Waals surface area contributed by atoms with Gasteiger partial charge in [-0.05, 0) is 136 Å². The topological polar surface area (TPSA) is 120 Å². The van der Waals surface area contributed by atoms with Crippen molar-refractivity contribution in [2.75, 3.05) is 58.4 Å². The number of benzene rings is 4. The predicted molar refractivity (Wildman–Crippen MR) is 258 cm³/mol. The molecule has 352 valence electrons. The predicted octanol–water partition coefficient (Wildman–Crippen LogP) is 9.50. The number of aldehydes is 1. The molecule has 0 aromatic heterocycles. The van der Waals surface area contributed by atoms with Gasteiger partial charge in [0.2, 0.25) is 5.91 Å². The molecule has 4 aliphatic heterocycles. The van der Waals surface area contributed by atoms with E-state index in [1.165, 1.54) is 24.0 Å². The number of nitrogens with zero attached hydrogens (tertiary/aromatic N) is 2. The zero-order valence-corrected chi connectivity index (χ0v) is 39.6. The van der Waals surface area contributed by atoms with Crippen LogP contribution in [0.25, 0.3) is 0 Å². The Morgan fingerprint density at radius 3 is 2.44 bits per heavy atom. The fraction of sp³-hybridized carbons (Fsp3) is 0.509. The van der Waals surface area contributed by atoms with E-state index in [0.717, 1.165) is 135 Å². The summed E-state index contributed by atoms with van der Waals surface area (Å²) in [4.78, 5) is 37.5. The Balaban J connectivity index is 0.000000485. The monoisotopic (exact) mass is 901 g/mol. The Bertz CT molecular complexity index is 2380. The molecule has 3 fully saturated rings. The Morgan fingerprint density at radius 1 is 1.00 bits per heavy atom. The van der Waals surface area contributed by atoms with Gasteiger partial charge in [-0.15, -0.1) is 0 Å². The average molecular weight is 901 g/mol. The third kappa shape index (κ3) is 9.29. The van der Waals surface area contributed by atoms with Crippen LogP contribution in [-0.2, 0) is 28.0 Å². The molecule has 10 rings (SSSR count). The molecule has 0 radical (unpaired) electrons. The molecule has 4 aromatic rings. The summed E-state index contributed by atoms with van der Waals surface area (Å²) in [5, 5.41) is 15.8. The van der Waals surface area contributed by atoms with Gasteiger partial charge < -0.3 is 39.8 Å². The second kappa shape index (κ2) is 20.2. The highest BCUT2D eigenvalue weighted by Gasteiger charge is 2.49. The number of piperidine rings is 2. The lowest BCUT2D eigenvalue weighted by atomic mass is 9.57. The molecule has 6 aliphatic rings. The van der Waals surface area contributed by atoms with Crippen LogP contribution in [0, 0.1) is 24.1 Å². The van der Waals surface area contributed by atoms with Gasteiger partial charge in [-0.25, -0.2) is 4.39 Å². The van der Waals surface area contributed by atoms with Crippen molar-refractivity contribution < 1.29 is 33.4 Å². The normalized spacial score (nSPS) is 21.1. The smallest absolute Gasteiger partial charge is 0.252 e. The summed E-state index contributed by atoms with van der Waals surface area (Å²) < 4.78 is 28.8. The number of phenols is 1. The number of ether oxygens (including phenoxy) is 2. The highest BCUT2D eigenvalue weighted by molar-refractivity contribution is 6.01. The van der Waals surface area contributed by atoms with E-state index in [1.54, 1.807) is 26.3 Å². The van der Waals surface area contributed by atoms with E-state index < -0.39 is 0 Å². The van der Waals surface area contributed by atoms with Crippen LogP contribution in [0.3, 0.4) is 0 Å². The number of methoxy groups -OCH3 is 1. The van der Waals surface area contributed by atoms with E-state index in [2.05, 4.69) is 57.7 Å². The van der Waals surface area contributed by atoms with Crippen LogP contribution in [-0.4, -0.2) is 81.6 Å². The first kappa shape index (κ1) is 47.1. The van der Waals surface area contributed by atoms with Crippen molar-refractivity contribution in [2.45, 2.75) is 115 Å². The number of nitrogens with one attached hydrogen (secondary N) is 2. The minimum Gasteiger partial charge on any atom is -0.508 e. The summed E-state index contributed by atoms with van der Waals surface area (Å²) in [6.07, 6.45) is 11.1. The average Bonchev–Trinajstić information content (AvgIpc) is 3.90. The largest absolute Gasteiger partial charge is 0.508 e. The zero-order chi connectivity index (χ0) is 46.6. The van der Waals surface area contributed by atoms with Gasteiger partial charge in [0.05, 0.1) is 25.0 Å². The third-order valence-corrected chi connectivity index (χ3v) is 15.7. The molecule has 2 aliphatic carbocycles. The Labute approximate surface area is 390 Å². The number of phenolic OH excluding ortho intramolecular Hbond substituents is 1. The van der Waals surface area contributed by atoms with Gasteiger partial charge in [-0.1, -0.05) is 56.3 Å². The van der Waals surface area contributed by atoms with Crippen LogP contribution in [0.4, 0.5) is 10.1 Å². The number of aryl methyl sites for hydroxylation is 2. The standard InChI is InChI=1S/C47H52FN3O4.C6H11NO2.C2H6/c1-29-20-38-44(37-26-49-45(53)42(29)37)55-28-47(38)14-16-50(17-15-47)27-30-24-46(25-30)12-18-51(19-13-46)40-23-41(54-2)36(22-39(40)48)43-34(31-6-4-3-5-7-31)10-8-32-21-33(52)9-11-35(32)43;1-7-6(9)4-2-3-5-8;1-2/h3-7,9,11,20-23,30,34,43,52H,8,10,12-19,24-28H2,1-2H3,(H,49,53);5H,2-4H2,1H3,(H,7,9);1-2H3. The molecule has 4 aromatic carbocycles. The summed E-state index contributed by atoms with van der Waals surface area (Å²) >= 11 is 0. The van der Waals surface area contributed by atoms with Crippen molar-refractivity contribution in [1.29, 1.82) is 0 Å². The van der Waals surface area contributed by atoms with Gasteiger partial charge in [0.25, 0.3) is 5.91 Å². The number of amides is 2. The number of rotatable bonds is 10. The lowest BCUT2D eigenvalue weighted by Crippen LogP contribution is -2.51. The SMILES string of the molecule is CC.CNC(=O)CCCC=O.COc1cc(N2CCC3(CC2)CC(CN2CCC4(CC2)COc2c4cc(C)c4c2CNC4=O)C3)c(F)cc1C1c2ccc(O)cc2CCC1c1ccccc1. The summed E-state index contributed by atoms with van der Waals surface area (Å²) in [5.41, 5.74) is 9.75. The highest BCUT2D eigenvalue weighted by Crippen LogP contribution is 2.55. The van der Waals surface area contributed by atoms with E-state index in [1.807, 2.05) is 38.1 Å². The summed E-state index contributed by atoms with van der Waals surface area (Å²) in [5.74, 6) is 2.64. The minimum atomic E-state index is -0.182.